The van der Waals surface area contributed by atoms with Crippen LogP contribution in [0.2, 0.25) is 0 Å². The van der Waals surface area contributed by atoms with Crippen molar-refractivity contribution < 1.29 is 9.53 Å². The predicted octanol–water partition coefficient (Wildman–Crippen LogP) is 1.12. The third-order valence-corrected chi connectivity index (χ3v) is 3.08. The summed E-state index contributed by atoms with van der Waals surface area (Å²) in [7, 11) is 1.38. The molecule has 0 unspecified atom stereocenters. The lowest BCUT2D eigenvalue weighted by atomic mass is 9.84. The van der Waals surface area contributed by atoms with E-state index in [1.165, 1.54) is 7.11 Å². The Morgan fingerprint density at radius 1 is 1.54 bits per heavy atom. The van der Waals surface area contributed by atoms with Crippen LogP contribution in [0, 0.1) is 35.0 Å². The fourth-order valence-corrected chi connectivity index (χ4v) is 2.46. The van der Waals surface area contributed by atoms with Crippen molar-refractivity contribution in [2.45, 2.75) is 6.42 Å². The Bertz CT molecular complexity index is 303. The summed E-state index contributed by atoms with van der Waals surface area (Å²) in [5, 5.41) is 8.91. The van der Waals surface area contributed by atoms with Gasteiger partial charge >= 0.3 is 5.97 Å². The van der Waals surface area contributed by atoms with Crippen LogP contribution in [0.4, 0.5) is 0 Å². The zero-order valence-corrected chi connectivity index (χ0v) is 7.43. The summed E-state index contributed by atoms with van der Waals surface area (Å²) in [6.07, 6.45) is 5.04. The molecular formula is C10H11NO2. The van der Waals surface area contributed by atoms with Gasteiger partial charge in [0, 0.05) is 0 Å². The zero-order valence-electron chi connectivity index (χ0n) is 7.43. The number of methoxy groups -OCH3 is 1. The predicted molar refractivity (Wildman–Crippen MR) is 45.3 cm³/mol. The van der Waals surface area contributed by atoms with Crippen molar-refractivity contribution in [3.05, 3.63) is 12.2 Å². The third-order valence-electron chi connectivity index (χ3n) is 3.08. The van der Waals surface area contributed by atoms with Crippen LogP contribution in [-0.2, 0) is 9.53 Å². The van der Waals surface area contributed by atoms with E-state index in [1.54, 1.807) is 0 Å². The maximum absolute atomic E-state index is 11.4. The molecule has 0 heterocycles. The SMILES string of the molecule is COC(=O)[C@@H]1[C@H](C#N)[C@@H]2C=C[C@H]1C2. The maximum atomic E-state index is 11.4. The van der Waals surface area contributed by atoms with Gasteiger partial charge in [0.2, 0.25) is 0 Å². The van der Waals surface area contributed by atoms with E-state index in [0.29, 0.717) is 0 Å². The minimum absolute atomic E-state index is 0.164. The van der Waals surface area contributed by atoms with Gasteiger partial charge in [-0.05, 0) is 18.3 Å². The van der Waals surface area contributed by atoms with Crippen LogP contribution < -0.4 is 0 Å². The molecule has 13 heavy (non-hydrogen) atoms. The molecular weight excluding hydrogens is 166 g/mol. The number of carbonyl (C=O) groups is 1. The van der Waals surface area contributed by atoms with Crippen molar-refractivity contribution in [1.29, 1.82) is 5.26 Å². The third kappa shape index (κ3) is 1.06. The van der Waals surface area contributed by atoms with Crippen molar-refractivity contribution in [3.63, 3.8) is 0 Å². The van der Waals surface area contributed by atoms with E-state index in [4.69, 9.17) is 10.00 Å². The number of hydrogen-bond acceptors (Lipinski definition) is 3. The summed E-state index contributed by atoms with van der Waals surface area (Å²) in [5.74, 6) is -0.1000. The first-order chi connectivity index (χ1) is 6.27. The zero-order chi connectivity index (χ0) is 9.42. The van der Waals surface area contributed by atoms with Gasteiger partial charge in [-0.3, -0.25) is 4.79 Å². The van der Waals surface area contributed by atoms with E-state index < -0.39 is 0 Å². The summed E-state index contributed by atoms with van der Waals surface area (Å²) in [6.45, 7) is 0. The molecule has 0 amide bonds. The highest BCUT2D eigenvalue weighted by Crippen LogP contribution is 2.47. The summed E-state index contributed by atoms with van der Waals surface area (Å²) in [5.41, 5.74) is 0. The van der Waals surface area contributed by atoms with Crippen LogP contribution in [0.1, 0.15) is 6.42 Å². The first-order valence-electron chi connectivity index (χ1n) is 4.43. The quantitative estimate of drug-likeness (QED) is 0.445. The standard InChI is InChI=1S/C10H11NO2/c1-13-10(12)9-7-3-2-6(4-7)8(9)5-11/h2-3,6-9H,4H2,1H3/t6-,7+,8-,9+/m1/s1. The molecule has 1 fully saturated rings. The Morgan fingerprint density at radius 2 is 2.23 bits per heavy atom. The summed E-state index contributed by atoms with van der Waals surface area (Å²) >= 11 is 0. The molecule has 68 valence electrons. The van der Waals surface area contributed by atoms with Crippen molar-refractivity contribution in [1.82, 2.24) is 0 Å². The molecule has 0 aliphatic heterocycles. The van der Waals surface area contributed by atoms with Crippen LogP contribution in [-0.4, -0.2) is 13.1 Å². The molecule has 4 atom stereocenters. The lowest BCUT2D eigenvalue weighted by molar-refractivity contribution is -0.147. The number of allylic oxidation sites excluding steroid dienone is 2. The number of rotatable bonds is 1. The topological polar surface area (TPSA) is 50.1 Å². The number of nitrogens with zero attached hydrogens (tertiary/aromatic N) is 1. The van der Waals surface area contributed by atoms with Gasteiger partial charge in [-0.15, -0.1) is 0 Å². The maximum Gasteiger partial charge on any atom is 0.310 e. The Hall–Kier alpha value is -1.30. The Morgan fingerprint density at radius 3 is 2.85 bits per heavy atom. The number of nitriles is 1. The van der Waals surface area contributed by atoms with Crippen LogP contribution in [0.5, 0.6) is 0 Å². The first kappa shape index (κ1) is 8.31. The van der Waals surface area contributed by atoms with Crippen molar-refractivity contribution >= 4 is 5.97 Å². The fourth-order valence-electron chi connectivity index (χ4n) is 2.46. The van der Waals surface area contributed by atoms with Gasteiger partial charge in [-0.2, -0.15) is 5.26 Å². The molecule has 0 aromatic heterocycles. The lowest BCUT2D eigenvalue weighted by Crippen LogP contribution is -2.27. The normalized spacial score (nSPS) is 40.3. The Balaban J connectivity index is 2.24. The highest BCUT2D eigenvalue weighted by Gasteiger charge is 2.48. The molecule has 0 aromatic rings. The summed E-state index contributed by atoms with van der Waals surface area (Å²) in [4.78, 5) is 11.4. The number of esters is 1. The highest BCUT2D eigenvalue weighted by molar-refractivity contribution is 5.75. The van der Waals surface area contributed by atoms with Gasteiger partial charge in [-0.1, -0.05) is 12.2 Å². The van der Waals surface area contributed by atoms with Gasteiger partial charge in [0.1, 0.15) is 0 Å². The molecule has 3 nitrogen and oxygen atoms in total. The number of ether oxygens (including phenoxy) is 1. The smallest absolute Gasteiger partial charge is 0.310 e. The summed E-state index contributed by atoms with van der Waals surface area (Å²) < 4.78 is 4.69. The molecule has 2 aliphatic rings. The molecule has 2 aliphatic carbocycles. The van der Waals surface area contributed by atoms with Crippen LogP contribution >= 0.6 is 0 Å². The Labute approximate surface area is 77.0 Å². The first-order valence-corrected chi connectivity index (χ1v) is 4.43. The van der Waals surface area contributed by atoms with E-state index in [2.05, 4.69) is 12.1 Å². The minimum Gasteiger partial charge on any atom is -0.469 e. The molecule has 2 rings (SSSR count). The second-order valence-electron chi connectivity index (χ2n) is 3.65. The molecule has 0 spiro atoms. The van der Waals surface area contributed by atoms with Crippen molar-refractivity contribution in [3.8, 4) is 6.07 Å². The second-order valence-corrected chi connectivity index (χ2v) is 3.65. The fraction of sp³-hybridized carbons (Fsp3) is 0.600. The van der Waals surface area contributed by atoms with E-state index in [-0.39, 0.29) is 29.6 Å². The molecule has 0 radical (unpaired) electrons. The van der Waals surface area contributed by atoms with Crippen LogP contribution in [0.3, 0.4) is 0 Å². The minimum atomic E-state index is -0.233. The molecule has 0 aromatic carbocycles. The number of fused-ring (bicyclic) bond motifs is 2. The van der Waals surface area contributed by atoms with Gasteiger partial charge in [0.15, 0.2) is 0 Å². The summed E-state index contributed by atoms with van der Waals surface area (Å²) in [6, 6.07) is 2.21. The molecule has 1 saturated carbocycles. The van der Waals surface area contributed by atoms with E-state index in [1.807, 2.05) is 6.08 Å². The van der Waals surface area contributed by atoms with Gasteiger partial charge in [-0.25, -0.2) is 0 Å². The highest BCUT2D eigenvalue weighted by atomic mass is 16.5. The van der Waals surface area contributed by atoms with Gasteiger partial charge < -0.3 is 4.74 Å². The molecule has 0 N–H and O–H groups in total. The number of hydrogen-bond donors (Lipinski definition) is 0. The van der Waals surface area contributed by atoms with E-state index >= 15 is 0 Å². The van der Waals surface area contributed by atoms with E-state index in [9.17, 15) is 4.79 Å². The lowest BCUT2D eigenvalue weighted by Gasteiger charge is -2.19. The average Bonchev–Trinajstić information content (AvgIpc) is 2.74. The monoisotopic (exact) mass is 177 g/mol. The largest absolute Gasteiger partial charge is 0.469 e. The van der Waals surface area contributed by atoms with Crippen molar-refractivity contribution in [2.75, 3.05) is 7.11 Å². The number of carbonyl (C=O) groups excluding carboxylic acids is 1. The molecule has 2 bridgehead atoms. The van der Waals surface area contributed by atoms with Crippen LogP contribution in [0.25, 0.3) is 0 Å². The van der Waals surface area contributed by atoms with E-state index in [0.717, 1.165) is 6.42 Å². The van der Waals surface area contributed by atoms with Gasteiger partial charge in [0.05, 0.1) is 25.0 Å². The van der Waals surface area contributed by atoms with Crippen LogP contribution in [0.15, 0.2) is 12.2 Å². The van der Waals surface area contributed by atoms with Gasteiger partial charge in [0.25, 0.3) is 0 Å². The second kappa shape index (κ2) is 2.88. The molecule has 3 heteroatoms. The average molecular weight is 177 g/mol. The van der Waals surface area contributed by atoms with Crippen molar-refractivity contribution in [2.24, 2.45) is 23.7 Å². The Kier molecular flexibility index (Phi) is 1.84. The molecule has 0 saturated heterocycles.